The van der Waals surface area contributed by atoms with Gasteiger partial charge in [0.05, 0.1) is 18.8 Å². The third-order valence-corrected chi connectivity index (χ3v) is 7.67. The molecule has 9 heteroatoms. The van der Waals surface area contributed by atoms with Gasteiger partial charge in [0.1, 0.15) is 10.1 Å². The molecule has 0 saturated carbocycles. The SMILES string of the molecule is CCOC(=O)c1sc(N(Cc2ccccc2)C(=O)COC(=O)C2Cc3ccccc3S2)nc1C. The highest BCUT2D eigenvalue weighted by atomic mass is 32.2. The number of esters is 2. The Hall–Kier alpha value is -3.17. The smallest absolute Gasteiger partial charge is 0.350 e. The van der Waals surface area contributed by atoms with Gasteiger partial charge in [-0.05, 0) is 37.5 Å². The lowest BCUT2D eigenvalue weighted by Crippen LogP contribution is -2.35. The summed E-state index contributed by atoms with van der Waals surface area (Å²) >= 11 is 2.54. The predicted molar refractivity (Wildman–Crippen MR) is 131 cm³/mol. The fourth-order valence-corrected chi connectivity index (χ4v) is 5.70. The molecule has 0 spiro atoms. The van der Waals surface area contributed by atoms with Crippen LogP contribution in [0.4, 0.5) is 5.13 Å². The molecule has 0 N–H and O–H groups in total. The van der Waals surface area contributed by atoms with Gasteiger partial charge in [0, 0.05) is 4.90 Å². The number of ether oxygens (including phenoxy) is 2. The second-order valence-corrected chi connectivity index (χ2v) is 9.85. The number of carbonyl (C=O) groups excluding carboxylic acids is 3. The van der Waals surface area contributed by atoms with E-state index in [1.807, 2.05) is 54.6 Å². The number of thiazole rings is 1. The van der Waals surface area contributed by atoms with Crippen molar-refractivity contribution in [3.63, 3.8) is 0 Å². The zero-order chi connectivity index (χ0) is 24.1. The summed E-state index contributed by atoms with van der Waals surface area (Å²) in [5.41, 5.74) is 2.48. The number of amides is 1. The number of aromatic nitrogens is 1. The van der Waals surface area contributed by atoms with Crippen LogP contribution in [-0.4, -0.2) is 41.3 Å². The highest BCUT2D eigenvalue weighted by Gasteiger charge is 2.31. The van der Waals surface area contributed by atoms with Crippen LogP contribution < -0.4 is 4.90 Å². The van der Waals surface area contributed by atoms with Gasteiger partial charge in [-0.15, -0.1) is 11.8 Å². The summed E-state index contributed by atoms with van der Waals surface area (Å²) < 4.78 is 10.5. The maximum absolute atomic E-state index is 13.2. The summed E-state index contributed by atoms with van der Waals surface area (Å²) in [5.74, 6) is -1.31. The number of fused-ring (bicyclic) bond motifs is 1. The van der Waals surface area contributed by atoms with E-state index in [2.05, 4.69) is 4.98 Å². The van der Waals surface area contributed by atoms with Crippen LogP contribution in [-0.2, 0) is 32.0 Å². The van der Waals surface area contributed by atoms with Gasteiger partial charge in [0.15, 0.2) is 11.7 Å². The van der Waals surface area contributed by atoms with Crippen LogP contribution >= 0.6 is 23.1 Å². The minimum Gasteiger partial charge on any atom is -0.462 e. The standard InChI is InChI=1S/C25H24N2O5S2/c1-3-31-24(30)22-16(2)26-25(34-22)27(14-17-9-5-4-6-10-17)21(28)15-32-23(29)20-13-18-11-7-8-12-19(18)33-20/h4-12,20H,3,13-15H2,1-2H3. The van der Waals surface area contributed by atoms with Gasteiger partial charge in [-0.1, -0.05) is 59.9 Å². The van der Waals surface area contributed by atoms with Crippen LogP contribution in [0.3, 0.4) is 0 Å². The van der Waals surface area contributed by atoms with Crippen molar-refractivity contribution in [3.05, 3.63) is 76.3 Å². The molecule has 176 valence electrons. The van der Waals surface area contributed by atoms with E-state index in [-0.39, 0.29) is 18.4 Å². The molecular weight excluding hydrogens is 472 g/mol. The minimum absolute atomic E-state index is 0.232. The number of carbonyl (C=O) groups is 3. The molecule has 2 heterocycles. The molecule has 0 bridgehead atoms. The Bertz CT molecular complexity index is 1170. The van der Waals surface area contributed by atoms with E-state index in [0.29, 0.717) is 22.1 Å². The lowest BCUT2D eigenvalue weighted by atomic mass is 10.1. The van der Waals surface area contributed by atoms with Gasteiger partial charge in [-0.3, -0.25) is 14.5 Å². The summed E-state index contributed by atoms with van der Waals surface area (Å²) in [5, 5.41) is -0.0154. The Morgan fingerprint density at radius 2 is 1.79 bits per heavy atom. The van der Waals surface area contributed by atoms with Gasteiger partial charge >= 0.3 is 11.9 Å². The Balaban J connectivity index is 1.48. The third-order valence-electron chi connectivity index (χ3n) is 5.21. The first kappa shape index (κ1) is 24.0. The second kappa shape index (κ2) is 10.8. The zero-order valence-electron chi connectivity index (χ0n) is 18.9. The van der Waals surface area contributed by atoms with Crippen molar-refractivity contribution in [1.82, 2.24) is 4.98 Å². The number of nitrogens with zero attached hydrogens (tertiary/aromatic N) is 2. The molecule has 1 aromatic heterocycles. The molecule has 1 aliphatic heterocycles. The van der Waals surface area contributed by atoms with Crippen LogP contribution in [0, 0.1) is 6.92 Å². The summed E-state index contributed by atoms with van der Waals surface area (Å²) in [7, 11) is 0. The van der Waals surface area contributed by atoms with Crippen molar-refractivity contribution in [2.45, 2.75) is 37.0 Å². The number of rotatable bonds is 8. The molecule has 1 atom stereocenters. The van der Waals surface area contributed by atoms with Crippen LogP contribution in [0.1, 0.15) is 33.4 Å². The Morgan fingerprint density at radius 3 is 2.53 bits per heavy atom. The van der Waals surface area contributed by atoms with Gasteiger partial charge < -0.3 is 9.47 Å². The number of aryl methyl sites for hydroxylation is 1. The van der Waals surface area contributed by atoms with Crippen molar-refractivity contribution >= 4 is 46.1 Å². The first-order valence-electron chi connectivity index (χ1n) is 10.9. The molecule has 0 fully saturated rings. The maximum atomic E-state index is 13.2. The van der Waals surface area contributed by atoms with E-state index in [1.165, 1.54) is 16.7 Å². The van der Waals surface area contributed by atoms with Crippen molar-refractivity contribution in [2.24, 2.45) is 0 Å². The average Bonchev–Trinajstić information content (AvgIpc) is 3.45. The van der Waals surface area contributed by atoms with E-state index in [4.69, 9.17) is 9.47 Å². The highest BCUT2D eigenvalue weighted by molar-refractivity contribution is 8.01. The van der Waals surface area contributed by atoms with E-state index < -0.39 is 24.5 Å². The van der Waals surface area contributed by atoms with Crippen LogP contribution in [0.25, 0.3) is 0 Å². The van der Waals surface area contributed by atoms with Gasteiger partial charge in [-0.25, -0.2) is 9.78 Å². The van der Waals surface area contributed by atoms with Crippen LogP contribution in [0.15, 0.2) is 59.5 Å². The average molecular weight is 497 g/mol. The van der Waals surface area contributed by atoms with Crippen molar-refractivity contribution in [1.29, 1.82) is 0 Å². The molecule has 0 aliphatic carbocycles. The van der Waals surface area contributed by atoms with Gasteiger partial charge in [-0.2, -0.15) is 0 Å². The lowest BCUT2D eigenvalue weighted by molar-refractivity contribution is -0.147. The van der Waals surface area contributed by atoms with Crippen molar-refractivity contribution in [3.8, 4) is 0 Å². The Morgan fingerprint density at radius 1 is 1.06 bits per heavy atom. The van der Waals surface area contributed by atoms with Crippen LogP contribution in [0.5, 0.6) is 0 Å². The van der Waals surface area contributed by atoms with E-state index >= 15 is 0 Å². The fraction of sp³-hybridized carbons (Fsp3) is 0.280. The number of hydrogen-bond acceptors (Lipinski definition) is 8. The molecular formula is C25H24N2O5S2. The van der Waals surface area contributed by atoms with Crippen molar-refractivity contribution in [2.75, 3.05) is 18.1 Å². The molecule has 3 aromatic rings. The Kier molecular flexibility index (Phi) is 7.64. The Labute approximate surface area is 206 Å². The van der Waals surface area contributed by atoms with E-state index in [1.54, 1.807) is 13.8 Å². The number of benzene rings is 2. The normalized spacial score (nSPS) is 14.4. The van der Waals surface area contributed by atoms with Crippen LogP contribution in [0.2, 0.25) is 0 Å². The summed E-state index contributed by atoms with van der Waals surface area (Å²) in [4.78, 5) is 45.4. The molecule has 4 rings (SSSR count). The first-order chi connectivity index (χ1) is 16.5. The highest BCUT2D eigenvalue weighted by Crippen LogP contribution is 2.37. The van der Waals surface area contributed by atoms with E-state index in [9.17, 15) is 14.4 Å². The van der Waals surface area contributed by atoms with E-state index in [0.717, 1.165) is 27.4 Å². The molecule has 2 aromatic carbocycles. The number of thioether (sulfide) groups is 1. The quantitative estimate of drug-likeness (QED) is 0.427. The monoisotopic (exact) mass is 496 g/mol. The predicted octanol–water partition coefficient (Wildman–Crippen LogP) is 4.42. The van der Waals surface area contributed by atoms with Crippen molar-refractivity contribution < 1.29 is 23.9 Å². The molecule has 1 amide bonds. The summed E-state index contributed by atoms with van der Waals surface area (Å²) in [6.45, 7) is 3.50. The summed E-state index contributed by atoms with van der Waals surface area (Å²) in [6, 6.07) is 17.3. The lowest BCUT2D eigenvalue weighted by Gasteiger charge is -2.20. The largest absolute Gasteiger partial charge is 0.462 e. The number of anilines is 1. The fourth-order valence-electron chi connectivity index (χ4n) is 3.53. The minimum atomic E-state index is -0.472. The first-order valence-corrected chi connectivity index (χ1v) is 12.6. The second-order valence-electron chi connectivity index (χ2n) is 7.62. The molecule has 1 unspecified atom stereocenters. The third kappa shape index (κ3) is 5.48. The molecule has 1 aliphatic rings. The van der Waals surface area contributed by atoms with Gasteiger partial charge in [0.25, 0.3) is 5.91 Å². The summed E-state index contributed by atoms with van der Waals surface area (Å²) in [6.07, 6.45) is 0.580. The maximum Gasteiger partial charge on any atom is 0.350 e. The molecule has 0 saturated heterocycles. The molecule has 0 radical (unpaired) electrons. The topological polar surface area (TPSA) is 85.8 Å². The van der Waals surface area contributed by atoms with Gasteiger partial charge in [0.2, 0.25) is 0 Å². The molecule has 7 nitrogen and oxygen atoms in total. The zero-order valence-corrected chi connectivity index (χ0v) is 20.5. The molecule has 34 heavy (non-hydrogen) atoms. The number of hydrogen-bond donors (Lipinski definition) is 0.